The Hall–Kier alpha value is -3.35. The minimum atomic E-state index is -1.07. The third-order valence-corrected chi connectivity index (χ3v) is 7.25. The van der Waals surface area contributed by atoms with Crippen LogP contribution in [0.5, 0.6) is 0 Å². The second kappa shape index (κ2) is 8.21. The van der Waals surface area contributed by atoms with E-state index in [1.807, 2.05) is 24.3 Å². The number of rotatable bonds is 7. The Balaban J connectivity index is 1.29. The molecule has 0 saturated heterocycles. The number of amides is 2. The van der Waals surface area contributed by atoms with Crippen LogP contribution in [0.3, 0.4) is 0 Å². The van der Waals surface area contributed by atoms with Crippen molar-refractivity contribution in [1.29, 1.82) is 0 Å². The molecule has 2 N–H and O–H groups in total. The Morgan fingerprint density at radius 2 is 1.64 bits per heavy atom. The molecular weight excluding hydrogens is 420 g/mol. The standard InChI is InChI=1S/C26H28N2O5/c1-16(23(29)30)28(17-11-12-17)24(31)26(13-6-14-26)27-25(32)33-15-22-20-9-4-2-7-18(20)19-8-3-5-10-21(19)22/h2-5,7-10,16-17,22H,6,11-15H2,1H3,(H,27,32)(H,29,30). The highest BCUT2D eigenvalue weighted by Gasteiger charge is 2.52. The van der Waals surface area contributed by atoms with E-state index in [0.29, 0.717) is 12.8 Å². The number of hydrogen-bond donors (Lipinski definition) is 2. The molecule has 0 radical (unpaired) electrons. The van der Waals surface area contributed by atoms with Gasteiger partial charge in [-0.25, -0.2) is 9.59 Å². The van der Waals surface area contributed by atoms with Crippen molar-refractivity contribution in [3.8, 4) is 11.1 Å². The lowest BCUT2D eigenvalue weighted by Crippen LogP contribution is -2.65. The lowest BCUT2D eigenvalue weighted by atomic mass is 9.75. The van der Waals surface area contributed by atoms with Gasteiger partial charge in [0.15, 0.2) is 0 Å². The maximum absolute atomic E-state index is 13.4. The normalized spacial score (nSPS) is 18.9. The molecule has 2 aromatic rings. The fourth-order valence-corrected chi connectivity index (χ4v) is 5.13. The SMILES string of the molecule is CC(C(=O)O)N(C(=O)C1(NC(=O)OCC2c3ccccc3-c3ccccc32)CCC1)C1CC1. The summed E-state index contributed by atoms with van der Waals surface area (Å²) >= 11 is 0. The van der Waals surface area contributed by atoms with Crippen LogP contribution in [0.25, 0.3) is 11.1 Å². The summed E-state index contributed by atoms with van der Waals surface area (Å²) in [6, 6.07) is 15.2. The number of fused-ring (bicyclic) bond motifs is 3. The molecular formula is C26H28N2O5. The maximum Gasteiger partial charge on any atom is 0.408 e. The summed E-state index contributed by atoms with van der Waals surface area (Å²) in [7, 11) is 0. The molecule has 172 valence electrons. The van der Waals surface area contributed by atoms with Crippen molar-refractivity contribution in [3.63, 3.8) is 0 Å². The van der Waals surface area contributed by atoms with Gasteiger partial charge in [-0.3, -0.25) is 4.79 Å². The molecule has 0 heterocycles. The van der Waals surface area contributed by atoms with Crippen molar-refractivity contribution < 1.29 is 24.2 Å². The first-order chi connectivity index (χ1) is 15.9. The molecule has 7 heteroatoms. The summed E-state index contributed by atoms with van der Waals surface area (Å²) in [5, 5.41) is 12.3. The van der Waals surface area contributed by atoms with Crippen LogP contribution in [0.2, 0.25) is 0 Å². The number of carboxylic acid groups (broad SMARTS) is 1. The van der Waals surface area contributed by atoms with Gasteiger partial charge < -0.3 is 20.1 Å². The van der Waals surface area contributed by atoms with Crippen molar-refractivity contribution in [2.45, 2.75) is 62.6 Å². The largest absolute Gasteiger partial charge is 0.480 e. The van der Waals surface area contributed by atoms with Crippen molar-refractivity contribution in [3.05, 3.63) is 59.7 Å². The van der Waals surface area contributed by atoms with E-state index in [1.165, 1.54) is 11.8 Å². The number of aliphatic carboxylic acids is 1. The number of benzene rings is 2. The summed E-state index contributed by atoms with van der Waals surface area (Å²) in [6.07, 6.45) is 2.74. The van der Waals surface area contributed by atoms with Crippen LogP contribution < -0.4 is 5.32 Å². The zero-order valence-electron chi connectivity index (χ0n) is 18.6. The minimum absolute atomic E-state index is 0.0637. The molecule has 33 heavy (non-hydrogen) atoms. The third kappa shape index (κ3) is 3.75. The average molecular weight is 449 g/mol. The second-order valence-corrected chi connectivity index (χ2v) is 9.34. The van der Waals surface area contributed by atoms with Gasteiger partial charge in [-0.2, -0.15) is 0 Å². The van der Waals surface area contributed by atoms with Crippen LogP contribution in [0.1, 0.15) is 56.1 Å². The van der Waals surface area contributed by atoms with Crippen LogP contribution in [-0.2, 0) is 14.3 Å². The monoisotopic (exact) mass is 448 g/mol. The molecule has 3 aliphatic carbocycles. The van der Waals surface area contributed by atoms with Crippen LogP contribution in [-0.4, -0.2) is 52.2 Å². The topological polar surface area (TPSA) is 95.9 Å². The van der Waals surface area contributed by atoms with Crippen LogP contribution in [0, 0.1) is 0 Å². The Labute approximate surface area is 192 Å². The van der Waals surface area contributed by atoms with E-state index in [2.05, 4.69) is 29.6 Å². The zero-order valence-corrected chi connectivity index (χ0v) is 18.6. The predicted octanol–water partition coefficient (Wildman–Crippen LogP) is 3.91. The molecule has 5 rings (SSSR count). The first-order valence-corrected chi connectivity index (χ1v) is 11.6. The Bertz CT molecular complexity index is 1060. The van der Waals surface area contributed by atoms with Gasteiger partial charge in [0, 0.05) is 12.0 Å². The van der Waals surface area contributed by atoms with E-state index in [4.69, 9.17) is 4.74 Å². The second-order valence-electron chi connectivity index (χ2n) is 9.34. The van der Waals surface area contributed by atoms with E-state index in [-0.39, 0.29) is 24.5 Å². The molecule has 1 unspecified atom stereocenters. The van der Waals surface area contributed by atoms with Gasteiger partial charge in [-0.15, -0.1) is 0 Å². The van der Waals surface area contributed by atoms with Crippen LogP contribution in [0.15, 0.2) is 48.5 Å². The molecule has 0 spiro atoms. The first-order valence-electron chi connectivity index (χ1n) is 11.6. The Morgan fingerprint density at radius 3 is 2.12 bits per heavy atom. The van der Waals surface area contributed by atoms with Gasteiger partial charge in [0.05, 0.1) is 0 Å². The highest BCUT2D eigenvalue weighted by molar-refractivity contribution is 5.94. The van der Waals surface area contributed by atoms with E-state index >= 15 is 0 Å². The molecule has 2 fully saturated rings. The number of ether oxygens (including phenoxy) is 1. The highest BCUT2D eigenvalue weighted by Crippen LogP contribution is 2.44. The fraction of sp³-hybridized carbons (Fsp3) is 0.423. The number of nitrogens with zero attached hydrogens (tertiary/aromatic N) is 1. The van der Waals surface area contributed by atoms with Crippen molar-refractivity contribution in [1.82, 2.24) is 10.2 Å². The fourth-order valence-electron chi connectivity index (χ4n) is 5.13. The third-order valence-electron chi connectivity index (χ3n) is 7.25. The molecule has 2 amide bonds. The van der Waals surface area contributed by atoms with Gasteiger partial charge in [-0.05, 0) is 61.3 Å². The van der Waals surface area contributed by atoms with E-state index in [9.17, 15) is 19.5 Å². The smallest absolute Gasteiger partial charge is 0.408 e. The van der Waals surface area contributed by atoms with E-state index < -0.39 is 23.6 Å². The van der Waals surface area contributed by atoms with Gasteiger partial charge in [0.2, 0.25) is 5.91 Å². The van der Waals surface area contributed by atoms with E-state index in [1.54, 1.807) is 0 Å². The summed E-state index contributed by atoms with van der Waals surface area (Å²) < 4.78 is 5.65. The predicted molar refractivity (Wildman–Crippen MR) is 122 cm³/mol. The van der Waals surface area contributed by atoms with E-state index in [0.717, 1.165) is 41.5 Å². The lowest BCUT2D eigenvalue weighted by Gasteiger charge is -2.44. The quantitative estimate of drug-likeness (QED) is 0.670. The lowest BCUT2D eigenvalue weighted by molar-refractivity contribution is -0.155. The van der Waals surface area contributed by atoms with Crippen LogP contribution in [0.4, 0.5) is 4.79 Å². The molecule has 0 bridgehead atoms. The molecule has 0 aliphatic heterocycles. The van der Waals surface area contributed by atoms with Crippen LogP contribution >= 0.6 is 0 Å². The average Bonchev–Trinajstić information content (AvgIpc) is 3.57. The minimum Gasteiger partial charge on any atom is -0.480 e. The van der Waals surface area contributed by atoms with Crippen molar-refractivity contribution >= 4 is 18.0 Å². The number of carbonyl (C=O) groups excluding carboxylic acids is 2. The zero-order chi connectivity index (χ0) is 23.2. The summed E-state index contributed by atoms with van der Waals surface area (Å²) in [5.41, 5.74) is 3.47. The van der Waals surface area contributed by atoms with Crippen molar-refractivity contribution in [2.75, 3.05) is 6.61 Å². The number of carboxylic acids is 1. The first kappa shape index (κ1) is 21.5. The molecule has 2 saturated carbocycles. The van der Waals surface area contributed by atoms with Gasteiger partial charge in [0.25, 0.3) is 0 Å². The Kier molecular flexibility index (Phi) is 5.35. The number of carbonyl (C=O) groups is 3. The number of alkyl carbamates (subject to hydrolysis) is 1. The number of hydrogen-bond acceptors (Lipinski definition) is 4. The summed E-state index contributed by atoms with van der Waals surface area (Å²) in [5.74, 6) is -1.41. The summed E-state index contributed by atoms with van der Waals surface area (Å²) in [4.78, 5) is 39.2. The van der Waals surface area contributed by atoms with Gasteiger partial charge in [0.1, 0.15) is 18.2 Å². The molecule has 2 aromatic carbocycles. The molecule has 3 aliphatic rings. The molecule has 7 nitrogen and oxygen atoms in total. The maximum atomic E-state index is 13.4. The van der Waals surface area contributed by atoms with Crippen molar-refractivity contribution in [2.24, 2.45) is 0 Å². The van der Waals surface area contributed by atoms with Gasteiger partial charge >= 0.3 is 12.1 Å². The summed E-state index contributed by atoms with van der Waals surface area (Å²) in [6.45, 7) is 1.69. The number of nitrogens with one attached hydrogen (secondary N) is 1. The molecule has 0 aromatic heterocycles. The van der Waals surface area contributed by atoms with Gasteiger partial charge in [-0.1, -0.05) is 48.5 Å². The Morgan fingerprint density at radius 1 is 1.06 bits per heavy atom. The highest BCUT2D eigenvalue weighted by atomic mass is 16.5. The molecule has 1 atom stereocenters.